The quantitative estimate of drug-likeness (QED) is 0.131. The SMILES string of the molecule is CCOc1cc(/C=N/NC(=O)CSc2nc(C)cc(C)n2)ccc1OCCOc1ccc(F)cc1. The fourth-order valence-electron chi connectivity index (χ4n) is 2.93. The van der Waals surface area contributed by atoms with Gasteiger partial charge in [-0.2, -0.15) is 5.10 Å². The maximum absolute atomic E-state index is 13.0. The van der Waals surface area contributed by atoms with Gasteiger partial charge >= 0.3 is 0 Å². The van der Waals surface area contributed by atoms with Crippen LogP contribution >= 0.6 is 11.8 Å². The molecular weight excluding hydrogens is 471 g/mol. The normalized spacial score (nSPS) is 10.9. The molecule has 0 aliphatic rings. The highest BCUT2D eigenvalue weighted by Gasteiger charge is 2.08. The smallest absolute Gasteiger partial charge is 0.250 e. The number of halogens is 1. The van der Waals surface area contributed by atoms with Crippen molar-refractivity contribution in [1.29, 1.82) is 0 Å². The third kappa shape index (κ3) is 8.90. The van der Waals surface area contributed by atoms with Crippen molar-refractivity contribution in [3.63, 3.8) is 0 Å². The Kier molecular flexibility index (Phi) is 9.85. The third-order valence-electron chi connectivity index (χ3n) is 4.39. The zero-order valence-electron chi connectivity index (χ0n) is 19.8. The number of aromatic nitrogens is 2. The van der Waals surface area contributed by atoms with Gasteiger partial charge in [0.15, 0.2) is 16.7 Å². The van der Waals surface area contributed by atoms with Gasteiger partial charge in [0, 0.05) is 11.4 Å². The molecule has 0 bridgehead atoms. The van der Waals surface area contributed by atoms with Gasteiger partial charge in [-0.1, -0.05) is 11.8 Å². The lowest BCUT2D eigenvalue weighted by atomic mass is 10.2. The summed E-state index contributed by atoms with van der Waals surface area (Å²) in [5, 5.41) is 4.57. The van der Waals surface area contributed by atoms with Gasteiger partial charge in [0.1, 0.15) is 24.8 Å². The minimum Gasteiger partial charge on any atom is -0.490 e. The van der Waals surface area contributed by atoms with Crippen molar-refractivity contribution in [2.45, 2.75) is 25.9 Å². The summed E-state index contributed by atoms with van der Waals surface area (Å²) in [4.78, 5) is 20.7. The summed E-state index contributed by atoms with van der Waals surface area (Å²) in [6.45, 7) is 6.67. The van der Waals surface area contributed by atoms with Gasteiger partial charge in [0.05, 0.1) is 18.6 Å². The third-order valence-corrected chi connectivity index (χ3v) is 5.24. The van der Waals surface area contributed by atoms with Crippen molar-refractivity contribution in [1.82, 2.24) is 15.4 Å². The summed E-state index contributed by atoms with van der Waals surface area (Å²) < 4.78 is 29.9. The summed E-state index contributed by atoms with van der Waals surface area (Å²) in [6, 6.07) is 13.0. The molecule has 0 atom stereocenters. The van der Waals surface area contributed by atoms with Crippen LogP contribution in [-0.4, -0.2) is 47.7 Å². The van der Waals surface area contributed by atoms with Gasteiger partial charge in [0.2, 0.25) is 0 Å². The van der Waals surface area contributed by atoms with Crippen LogP contribution in [0.2, 0.25) is 0 Å². The van der Waals surface area contributed by atoms with Crippen molar-refractivity contribution in [2.75, 3.05) is 25.6 Å². The Labute approximate surface area is 207 Å². The first-order chi connectivity index (χ1) is 16.9. The number of thioether (sulfide) groups is 1. The van der Waals surface area contributed by atoms with Gasteiger partial charge in [-0.05, 0) is 74.9 Å². The number of hydrogen-bond donors (Lipinski definition) is 1. The Bertz CT molecular complexity index is 1140. The molecule has 3 aromatic rings. The molecule has 0 aliphatic carbocycles. The molecule has 0 radical (unpaired) electrons. The number of nitrogens with zero attached hydrogens (tertiary/aromatic N) is 3. The molecule has 3 rings (SSSR count). The number of ether oxygens (including phenoxy) is 3. The molecule has 0 spiro atoms. The molecule has 8 nitrogen and oxygen atoms in total. The van der Waals surface area contributed by atoms with E-state index in [1.54, 1.807) is 30.3 Å². The highest BCUT2D eigenvalue weighted by Crippen LogP contribution is 2.28. The lowest BCUT2D eigenvalue weighted by Gasteiger charge is -2.13. The summed E-state index contributed by atoms with van der Waals surface area (Å²) >= 11 is 1.25. The number of hydrogen-bond acceptors (Lipinski definition) is 8. The van der Waals surface area contributed by atoms with Gasteiger partial charge in [-0.15, -0.1) is 0 Å². The number of benzene rings is 2. The van der Waals surface area contributed by atoms with E-state index in [1.165, 1.54) is 30.1 Å². The van der Waals surface area contributed by atoms with Crippen molar-refractivity contribution < 1.29 is 23.4 Å². The zero-order chi connectivity index (χ0) is 25.0. The lowest BCUT2D eigenvalue weighted by Crippen LogP contribution is -2.19. The van der Waals surface area contributed by atoms with E-state index in [9.17, 15) is 9.18 Å². The predicted molar refractivity (Wildman–Crippen MR) is 133 cm³/mol. The molecule has 184 valence electrons. The number of amides is 1. The number of carbonyl (C=O) groups is 1. The molecule has 0 aliphatic heterocycles. The van der Waals surface area contributed by atoms with E-state index in [2.05, 4.69) is 20.5 Å². The molecule has 1 N–H and O–H groups in total. The zero-order valence-corrected chi connectivity index (χ0v) is 20.6. The molecule has 0 fully saturated rings. The summed E-state index contributed by atoms with van der Waals surface area (Å²) in [5.74, 6) is 1.24. The summed E-state index contributed by atoms with van der Waals surface area (Å²) in [5.41, 5.74) is 4.95. The predicted octanol–water partition coefficient (Wildman–Crippen LogP) is 4.33. The number of rotatable bonds is 12. The molecular formula is C25H27FN4O4S. The van der Waals surface area contributed by atoms with E-state index in [0.29, 0.717) is 29.0 Å². The van der Waals surface area contributed by atoms with Crippen LogP contribution in [0.5, 0.6) is 17.2 Å². The molecule has 2 aromatic carbocycles. The van der Waals surface area contributed by atoms with Crippen LogP contribution in [-0.2, 0) is 4.79 Å². The van der Waals surface area contributed by atoms with Crippen molar-refractivity contribution >= 4 is 23.9 Å². The molecule has 0 saturated heterocycles. The van der Waals surface area contributed by atoms with Gasteiger partial charge in [-0.25, -0.2) is 19.8 Å². The Morgan fingerprint density at radius 1 is 1.00 bits per heavy atom. The van der Waals surface area contributed by atoms with Crippen molar-refractivity contribution in [3.8, 4) is 17.2 Å². The Morgan fingerprint density at radius 2 is 1.71 bits per heavy atom. The second kappa shape index (κ2) is 13.3. The average molecular weight is 499 g/mol. The van der Waals surface area contributed by atoms with Crippen molar-refractivity contribution in [3.05, 3.63) is 71.3 Å². The minimum absolute atomic E-state index is 0.150. The molecule has 0 saturated carbocycles. The van der Waals surface area contributed by atoms with Gasteiger partial charge < -0.3 is 14.2 Å². The van der Waals surface area contributed by atoms with E-state index < -0.39 is 0 Å². The Morgan fingerprint density at radius 3 is 2.43 bits per heavy atom. The van der Waals surface area contributed by atoms with Crippen LogP contribution in [0.3, 0.4) is 0 Å². The number of hydrazone groups is 1. The topological polar surface area (TPSA) is 94.9 Å². The van der Waals surface area contributed by atoms with E-state index in [4.69, 9.17) is 14.2 Å². The van der Waals surface area contributed by atoms with Crippen LogP contribution in [0.4, 0.5) is 4.39 Å². The second-order valence-corrected chi connectivity index (χ2v) is 8.25. The van der Waals surface area contributed by atoms with Crippen LogP contribution < -0.4 is 19.6 Å². The Balaban J connectivity index is 1.48. The fraction of sp³-hybridized carbons (Fsp3) is 0.280. The van der Waals surface area contributed by atoms with E-state index in [-0.39, 0.29) is 30.7 Å². The molecule has 1 heterocycles. The highest BCUT2D eigenvalue weighted by molar-refractivity contribution is 7.99. The van der Waals surface area contributed by atoms with Crippen LogP contribution in [0.25, 0.3) is 0 Å². The second-order valence-electron chi connectivity index (χ2n) is 7.31. The van der Waals surface area contributed by atoms with Crippen LogP contribution in [0.15, 0.2) is 58.8 Å². The highest BCUT2D eigenvalue weighted by atomic mass is 32.2. The molecule has 35 heavy (non-hydrogen) atoms. The maximum atomic E-state index is 13.0. The largest absolute Gasteiger partial charge is 0.490 e. The van der Waals surface area contributed by atoms with Crippen LogP contribution in [0, 0.1) is 19.7 Å². The monoisotopic (exact) mass is 498 g/mol. The maximum Gasteiger partial charge on any atom is 0.250 e. The van der Waals surface area contributed by atoms with Crippen LogP contribution in [0.1, 0.15) is 23.9 Å². The van der Waals surface area contributed by atoms with E-state index in [1.807, 2.05) is 26.8 Å². The summed E-state index contributed by atoms with van der Waals surface area (Å²) in [6.07, 6.45) is 1.53. The Hall–Kier alpha value is -3.66. The fourth-order valence-corrected chi connectivity index (χ4v) is 3.68. The first-order valence-electron chi connectivity index (χ1n) is 11.0. The summed E-state index contributed by atoms with van der Waals surface area (Å²) in [7, 11) is 0. The molecule has 0 unspecified atom stereocenters. The van der Waals surface area contributed by atoms with Gasteiger partial charge in [0.25, 0.3) is 5.91 Å². The standard InChI is InChI=1S/C25H27FN4O4S/c1-4-32-23-14-19(5-10-22(23)34-12-11-33-21-8-6-20(26)7-9-21)15-27-30-24(31)16-35-25-28-17(2)13-18(3)29-25/h5-10,13-15H,4,11-12,16H2,1-3H3,(H,30,31)/b27-15+. The molecule has 1 amide bonds. The number of carbonyl (C=O) groups excluding carboxylic acids is 1. The average Bonchev–Trinajstić information content (AvgIpc) is 2.82. The first kappa shape index (κ1) is 26.0. The number of nitrogens with one attached hydrogen (secondary N) is 1. The number of aryl methyl sites for hydroxylation is 2. The molecule has 10 heteroatoms. The van der Waals surface area contributed by atoms with E-state index >= 15 is 0 Å². The minimum atomic E-state index is -0.316. The first-order valence-corrected chi connectivity index (χ1v) is 12.0. The van der Waals surface area contributed by atoms with Gasteiger partial charge in [-0.3, -0.25) is 4.79 Å². The van der Waals surface area contributed by atoms with Crippen molar-refractivity contribution in [2.24, 2.45) is 5.10 Å². The van der Waals surface area contributed by atoms with E-state index in [0.717, 1.165) is 17.0 Å². The molecule has 1 aromatic heterocycles. The lowest BCUT2D eigenvalue weighted by molar-refractivity contribution is -0.118.